The van der Waals surface area contributed by atoms with Gasteiger partial charge < -0.3 is 14.6 Å². The third-order valence-electron chi connectivity index (χ3n) is 6.42. The van der Waals surface area contributed by atoms with Crippen molar-refractivity contribution >= 4 is 29.5 Å². The fourth-order valence-electron chi connectivity index (χ4n) is 4.71. The number of nitrogens with zero attached hydrogens (tertiary/aromatic N) is 1. The highest BCUT2D eigenvalue weighted by Crippen LogP contribution is 2.29. The zero-order valence-electron chi connectivity index (χ0n) is 20.3. The van der Waals surface area contributed by atoms with Gasteiger partial charge >= 0.3 is 7.69 Å². The van der Waals surface area contributed by atoms with Gasteiger partial charge in [0.25, 0.3) is 0 Å². The van der Waals surface area contributed by atoms with Crippen LogP contribution < -0.4 is 0 Å². The Morgan fingerprint density at radius 2 is 0.906 bits per heavy atom. The van der Waals surface area contributed by atoms with E-state index in [1.807, 2.05) is 0 Å². The van der Waals surface area contributed by atoms with Gasteiger partial charge in [0.2, 0.25) is 0 Å². The Morgan fingerprint density at radius 1 is 0.562 bits per heavy atom. The Labute approximate surface area is 196 Å². The average molecular weight is 437 g/mol. The minimum absolute atomic E-state index is 0.750. The van der Waals surface area contributed by atoms with Gasteiger partial charge in [-0.1, -0.05) is 127 Å². The molecule has 0 aliphatic rings. The molecule has 0 saturated carbocycles. The smallest absolute Gasteiger partial charge is 0.430 e. The van der Waals surface area contributed by atoms with Crippen LogP contribution in [0.3, 0.4) is 0 Å². The Kier molecular flexibility index (Phi) is 13.9. The molecule has 32 heavy (non-hydrogen) atoms. The van der Waals surface area contributed by atoms with Gasteiger partial charge in [0, 0.05) is 28.4 Å². The monoisotopic (exact) mass is 437 g/mol. The molecule has 3 nitrogen and oxygen atoms in total. The van der Waals surface area contributed by atoms with Crippen LogP contribution in [0.2, 0.25) is 0 Å². The maximum atomic E-state index is 7.12. The molecule has 0 radical (unpaired) electrons. The van der Waals surface area contributed by atoms with Gasteiger partial charge in [0.05, 0.1) is 0 Å². The molecular formula is C28H44BNO2. The van der Waals surface area contributed by atoms with Crippen LogP contribution >= 0.6 is 0 Å². The van der Waals surface area contributed by atoms with Crippen molar-refractivity contribution < 1.29 is 10.0 Å². The molecule has 0 bridgehead atoms. The number of para-hydroxylation sites is 2. The van der Waals surface area contributed by atoms with Crippen LogP contribution in [0.1, 0.15) is 96.8 Å². The highest BCUT2D eigenvalue weighted by Gasteiger charge is 2.08. The van der Waals surface area contributed by atoms with Gasteiger partial charge in [-0.15, -0.1) is 0 Å². The Bertz CT molecular complexity index is 808. The lowest BCUT2D eigenvalue weighted by atomic mass is 10.0. The summed E-state index contributed by atoms with van der Waals surface area (Å²) in [5.41, 5.74) is 2.78. The van der Waals surface area contributed by atoms with Gasteiger partial charge in [0.1, 0.15) is 0 Å². The number of aromatic nitrogens is 1. The Morgan fingerprint density at radius 3 is 1.31 bits per heavy atom. The van der Waals surface area contributed by atoms with Gasteiger partial charge in [-0.3, -0.25) is 0 Å². The van der Waals surface area contributed by atoms with Crippen molar-refractivity contribution in [3.63, 3.8) is 0 Å². The average Bonchev–Trinajstić information content (AvgIpc) is 3.14. The van der Waals surface area contributed by atoms with Crippen molar-refractivity contribution in [1.29, 1.82) is 0 Å². The second-order valence-corrected chi connectivity index (χ2v) is 8.92. The molecule has 0 amide bonds. The van der Waals surface area contributed by atoms with Crippen LogP contribution in [-0.4, -0.2) is 22.3 Å². The minimum atomic E-state index is -0.750. The molecule has 2 N–H and O–H groups in total. The lowest BCUT2D eigenvalue weighted by Gasteiger charge is -2.07. The molecule has 0 saturated heterocycles. The maximum Gasteiger partial charge on any atom is 0.432 e. The highest BCUT2D eigenvalue weighted by molar-refractivity contribution is 6.13. The van der Waals surface area contributed by atoms with E-state index in [-0.39, 0.29) is 0 Å². The zero-order chi connectivity index (χ0) is 22.9. The van der Waals surface area contributed by atoms with E-state index in [1.165, 1.54) is 112 Å². The predicted molar refractivity (Wildman–Crippen MR) is 141 cm³/mol. The van der Waals surface area contributed by atoms with Crippen LogP contribution in [0.25, 0.3) is 21.8 Å². The third kappa shape index (κ3) is 9.00. The van der Waals surface area contributed by atoms with Crippen molar-refractivity contribution in [3.05, 3.63) is 48.5 Å². The van der Waals surface area contributed by atoms with E-state index in [0.29, 0.717) is 0 Å². The molecule has 0 fully saturated rings. The van der Waals surface area contributed by atoms with Crippen molar-refractivity contribution in [2.24, 2.45) is 0 Å². The topological polar surface area (TPSA) is 45.4 Å². The van der Waals surface area contributed by atoms with Crippen LogP contribution in [0.15, 0.2) is 48.5 Å². The van der Waals surface area contributed by atoms with E-state index in [9.17, 15) is 0 Å². The Balaban J connectivity index is 0.00000114. The second kappa shape index (κ2) is 16.8. The van der Waals surface area contributed by atoms with Gasteiger partial charge in [-0.05, 0) is 18.6 Å². The molecule has 0 unspecified atom stereocenters. The lowest BCUT2D eigenvalue weighted by molar-refractivity contribution is 0.448. The van der Waals surface area contributed by atoms with E-state index >= 15 is 0 Å². The Hall–Kier alpha value is -1.78. The first kappa shape index (κ1) is 26.5. The molecule has 3 rings (SSSR count). The minimum Gasteiger partial charge on any atom is -0.430 e. The van der Waals surface area contributed by atoms with Crippen molar-refractivity contribution in [1.82, 2.24) is 4.57 Å². The first-order valence-corrected chi connectivity index (χ1v) is 13.0. The fourth-order valence-corrected chi connectivity index (χ4v) is 4.71. The molecule has 4 heteroatoms. The van der Waals surface area contributed by atoms with E-state index < -0.39 is 7.69 Å². The number of aryl methyl sites for hydroxylation is 1. The van der Waals surface area contributed by atoms with Crippen molar-refractivity contribution in [3.8, 4) is 0 Å². The van der Waals surface area contributed by atoms with Crippen LogP contribution in [0.5, 0.6) is 0 Å². The first-order chi connectivity index (χ1) is 15.8. The molecule has 0 aliphatic carbocycles. The number of hydrogen-bond donors (Lipinski definition) is 2. The molecular weight excluding hydrogens is 393 g/mol. The van der Waals surface area contributed by atoms with E-state index in [4.69, 9.17) is 10.0 Å². The quantitative estimate of drug-likeness (QED) is 0.191. The molecule has 0 atom stereocenters. The summed E-state index contributed by atoms with van der Waals surface area (Å²) in [4.78, 5) is 0. The lowest BCUT2D eigenvalue weighted by Crippen LogP contribution is -1.97. The number of unbranched alkanes of at least 4 members (excludes halogenated alkanes) is 13. The zero-order valence-corrected chi connectivity index (χ0v) is 20.3. The maximum absolute atomic E-state index is 7.12. The normalized spacial score (nSPS) is 11.0. The second-order valence-electron chi connectivity index (χ2n) is 8.92. The fraction of sp³-hybridized carbons (Fsp3) is 0.571. The number of fused-ring (bicyclic) bond motifs is 3. The van der Waals surface area contributed by atoms with E-state index in [0.717, 1.165) is 6.54 Å². The standard InChI is InChI=1S/C28H41N.BH3O2/c1-2-3-4-5-6-7-8-9-10-11-12-13-14-19-24-29-27-22-17-15-20-25(27)26-21-16-18-23-28(26)29;2-1-3/h15-18,20-23H,2-14,19,24H2,1H3;1-3H. The van der Waals surface area contributed by atoms with E-state index in [2.05, 4.69) is 60.0 Å². The van der Waals surface area contributed by atoms with Gasteiger partial charge in [0.15, 0.2) is 0 Å². The van der Waals surface area contributed by atoms with E-state index in [1.54, 1.807) is 0 Å². The number of rotatable bonds is 15. The van der Waals surface area contributed by atoms with Crippen molar-refractivity contribution in [2.75, 3.05) is 0 Å². The molecule has 176 valence electrons. The van der Waals surface area contributed by atoms with Crippen molar-refractivity contribution in [2.45, 2.75) is 103 Å². The molecule has 1 aromatic heterocycles. The molecule has 2 aromatic carbocycles. The summed E-state index contributed by atoms with van der Waals surface area (Å²) >= 11 is 0. The summed E-state index contributed by atoms with van der Waals surface area (Å²) in [7, 11) is -0.750. The number of benzene rings is 2. The largest absolute Gasteiger partial charge is 0.432 e. The highest BCUT2D eigenvalue weighted by atomic mass is 16.4. The first-order valence-electron chi connectivity index (χ1n) is 13.0. The van der Waals surface area contributed by atoms with Crippen LogP contribution in [0, 0.1) is 0 Å². The molecule has 0 spiro atoms. The third-order valence-corrected chi connectivity index (χ3v) is 6.42. The summed E-state index contributed by atoms with van der Waals surface area (Å²) in [6, 6.07) is 17.7. The predicted octanol–water partition coefficient (Wildman–Crippen LogP) is 7.51. The van der Waals surface area contributed by atoms with Gasteiger partial charge in [-0.25, -0.2) is 0 Å². The molecule has 1 heterocycles. The summed E-state index contributed by atoms with van der Waals surface area (Å²) in [6.45, 7) is 3.44. The van der Waals surface area contributed by atoms with Gasteiger partial charge in [-0.2, -0.15) is 0 Å². The molecule has 0 aliphatic heterocycles. The van der Waals surface area contributed by atoms with Crippen LogP contribution in [0.4, 0.5) is 0 Å². The SMILES string of the molecule is CCCCCCCCCCCCCCCCn1c2ccccc2c2ccccc21.OBO. The summed E-state index contributed by atoms with van der Waals surface area (Å²) in [5, 5.41) is 17.0. The summed E-state index contributed by atoms with van der Waals surface area (Å²) in [6.07, 6.45) is 19.9. The number of hydrogen-bond acceptors (Lipinski definition) is 2. The van der Waals surface area contributed by atoms with Crippen LogP contribution in [-0.2, 0) is 6.54 Å². The summed E-state index contributed by atoms with van der Waals surface area (Å²) < 4.78 is 2.53. The summed E-state index contributed by atoms with van der Waals surface area (Å²) in [5.74, 6) is 0. The molecule has 3 aromatic rings.